The summed E-state index contributed by atoms with van der Waals surface area (Å²) in [4.78, 5) is 15.2. The minimum Gasteiger partial charge on any atom is -0.352 e. The van der Waals surface area contributed by atoms with Gasteiger partial charge < -0.3 is 10.2 Å². The van der Waals surface area contributed by atoms with Crippen molar-refractivity contribution in [2.45, 2.75) is 31.8 Å². The molecule has 0 fully saturated rings. The minimum atomic E-state index is -0.502. The van der Waals surface area contributed by atoms with Crippen LogP contribution in [-0.2, 0) is 17.6 Å². The first kappa shape index (κ1) is 20.7. The zero-order chi connectivity index (χ0) is 20.6. The van der Waals surface area contributed by atoms with Gasteiger partial charge in [0.25, 0.3) is 0 Å². The standard InChI is InChI=1S/C22H28N6O/c1-4-17-10-12-19(13-11-17)21(27(2)3)15-23-22(29)20(28-16-24-25-26-28)14-18-8-6-5-7-9-18/h5-13,16,20-21H,4,14-15H2,1-3H3,(H,23,29). The van der Waals surface area contributed by atoms with Crippen LogP contribution in [0.1, 0.15) is 35.7 Å². The number of benzene rings is 2. The number of tetrazole rings is 1. The third-order valence-corrected chi connectivity index (χ3v) is 5.12. The van der Waals surface area contributed by atoms with Crippen LogP contribution in [0.15, 0.2) is 60.9 Å². The van der Waals surface area contributed by atoms with E-state index in [1.165, 1.54) is 22.1 Å². The third kappa shape index (κ3) is 5.48. The Labute approximate surface area is 171 Å². The summed E-state index contributed by atoms with van der Waals surface area (Å²) in [5.41, 5.74) is 3.54. The molecule has 29 heavy (non-hydrogen) atoms. The first-order chi connectivity index (χ1) is 14.1. The molecule has 0 bridgehead atoms. The van der Waals surface area contributed by atoms with Crippen LogP contribution in [0.2, 0.25) is 0 Å². The van der Waals surface area contributed by atoms with Gasteiger partial charge in [-0.15, -0.1) is 5.10 Å². The van der Waals surface area contributed by atoms with E-state index in [0.29, 0.717) is 13.0 Å². The molecule has 0 radical (unpaired) electrons. The van der Waals surface area contributed by atoms with E-state index in [1.807, 2.05) is 44.4 Å². The molecule has 7 heteroatoms. The molecule has 1 amide bonds. The Morgan fingerprint density at radius 3 is 2.38 bits per heavy atom. The molecule has 3 rings (SSSR count). The van der Waals surface area contributed by atoms with Gasteiger partial charge in [0, 0.05) is 13.0 Å². The SMILES string of the molecule is CCc1ccc(C(CNC(=O)C(Cc2ccccc2)n2cnnn2)N(C)C)cc1. The lowest BCUT2D eigenvalue weighted by atomic mass is 10.0. The van der Waals surface area contributed by atoms with Crippen molar-refractivity contribution in [3.05, 3.63) is 77.6 Å². The second kappa shape index (κ2) is 9.93. The number of rotatable bonds is 9. The summed E-state index contributed by atoms with van der Waals surface area (Å²) in [6, 6.07) is 18.0. The molecule has 0 spiro atoms. The van der Waals surface area contributed by atoms with Crippen LogP contribution >= 0.6 is 0 Å². The highest BCUT2D eigenvalue weighted by Gasteiger charge is 2.24. The van der Waals surface area contributed by atoms with Crippen LogP contribution in [0.25, 0.3) is 0 Å². The van der Waals surface area contributed by atoms with E-state index in [2.05, 4.69) is 56.9 Å². The van der Waals surface area contributed by atoms with Crippen molar-refractivity contribution in [2.75, 3.05) is 20.6 Å². The fourth-order valence-corrected chi connectivity index (χ4v) is 3.34. The van der Waals surface area contributed by atoms with E-state index in [1.54, 1.807) is 0 Å². The summed E-state index contributed by atoms with van der Waals surface area (Å²) in [6.07, 6.45) is 3.02. The Hall–Kier alpha value is -3.06. The van der Waals surface area contributed by atoms with E-state index >= 15 is 0 Å². The van der Waals surface area contributed by atoms with E-state index in [4.69, 9.17) is 0 Å². The summed E-state index contributed by atoms with van der Waals surface area (Å²) < 4.78 is 1.52. The molecule has 152 valence electrons. The Balaban J connectivity index is 1.72. The van der Waals surface area contributed by atoms with E-state index in [9.17, 15) is 4.79 Å². The molecule has 1 N–H and O–H groups in total. The maximum Gasteiger partial charge on any atom is 0.245 e. The second-order valence-corrected chi connectivity index (χ2v) is 7.32. The molecule has 3 aromatic rings. The summed E-state index contributed by atoms with van der Waals surface area (Å²) in [6.45, 7) is 2.65. The molecule has 0 aliphatic heterocycles. The Morgan fingerprint density at radius 1 is 1.07 bits per heavy atom. The van der Waals surface area contributed by atoms with Gasteiger partial charge in [0.05, 0.1) is 6.04 Å². The van der Waals surface area contributed by atoms with Crippen LogP contribution in [0.4, 0.5) is 0 Å². The number of aromatic nitrogens is 4. The molecule has 2 unspecified atom stereocenters. The largest absolute Gasteiger partial charge is 0.352 e. The number of nitrogens with one attached hydrogen (secondary N) is 1. The van der Waals surface area contributed by atoms with Crippen molar-refractivity contribution in [2.24, 2.45) is 0 Å². The summed E-state index contributed by atoms with van der Waals surface area (Å²) in [7, 11) is 4.04. The number of carbonyl (C=O) groups is 1. The molecule has 7 nitrogen and oxygen atoms in total. The maximum absolute atomic E-state index is 13.1. The van der Waals surface area contributed by atoms with E-state index < -0.39 is 6.04 Å². The molecule has 1 aromatic heterocycles. The van der Waals surface area contributed by atoms with Gasteiger partial charge in [-0.25, -0.2) is 4.68 Å². The highest BCUT2D eigenvalue weighted by molar-refractivity contribution is 5.80. The van der Waals surface area contributed by atoms with Crippen LogP contribution in [0, 0.1) is 0 Å². The van der Waals surface area contributed by atoms with Gasteiger partial charge in [0.15, 0.2) is 0 Å². The molecule has 0 aliphatic carbocycles. The lowest BCUT2D eigenvalue weighted by molar-refractivity contribution is -0.124. The number of amides is 1. The summed E-state index contributed by atoms with van der Waals surface area (Å²) in [5.74, 6) is -0.0989. The van der Waals surface area contributed by atoms with Crippen molar-refractivity contribution in [1.82, 2.24) is 30.4 Å². The van der Waals surface area contributed by atoms with Gasteiger partial charge in [-0.2, -0.15) is 0 Å². The molecule has 1 heterocycles. The smallest absolute Gasteiger partial charge is 0.245 e. The first-order valence-corrected chi connectivity index (χ1v) is 9.88. The molecular weight excluding hydrogens is 364 g/mol. The highest BCUT2D eigenvalue weighted by atomic mass is 16.2. The van der Waals surface area contributed by atoms with Crippen molar-refractivity contribution < 1.29 is 4.79 Å². The lowest BCUT2D eigenvalue weighted by Crippen LogP contribution is -2.39. The lowest BCUT2D eigenvalue weighted by Gasteiger charge is -2.26. The van der Waals surface area contributed by atoms with Crippen LogP contribution in [0.3, 0.4) is 0 Å². The fraction of sp³-hybridized carbons (Fsp3) is 0.364. The maximum atomic E-state index is 13.1. The number of hydrogen-bond acceptors (Lipinski definition) is 5. The zero-order valence-corrected chi connectivity index (χ0v) is 17.2. The van der Waals surface area contributed by atoms with Gasteiger partial charge >= 0.3 is 0 Å². The normalized spacial score (nSPS) is 13.2. The zero-order valence-electron chi connectivity index (χ0n) is 17.2. The molecular formula is C22H28N6O. The van der Waals surface area contributed by atoms with Gasteiger partial charge in [-0.1, -0.05) is 61.5 Å². The number of likely N-dealkylation sites (N-methyl/N-ethyl adjacent to an activating group) is 1. The van der Waals surface area contributed by atoms with Crippen LogP contribution in [-0.4, -0.2) is 51.7 Å². The third-order valence-electron chi connectivity index (χ3n) is 5.12. The Morgan fingerprint density at radius 2 is 1.79 bits per heavy atom. The van der Waals surface area contributed by atoms with Gasteiger partial charge in [-0.3, -0.25) is 4.79 Å². The fourth-order valence-electron chi connectivity index (χ4n) is 3.34. The Bertz CT molecular complexity index is 877. The quantitative estimate of drug-likeness (QED) is 0.605. The number of aryl methyl sites for hydroxylation is 1. The van der Waals surface area contributed by atoms with Crippen LogP contribution < -0.4 is 5.32 Å². The van der Waals surface area contributed by atoms with Gasteiger partial charge in [-0.05, 0) is 47.6 Å². The number of nitrogens with zero attached hydrogens (tertiary/aromatic N) is 5. The second-order valence-electron chi connectivity index (χ2n) is 7.32. The molecule has 0 saturated heterocycles. The van der Waals surface area contributed by atoms with E-state index in [0.717, 1.165) is 12.0 Å². The summed E-state index contributed by atoms with van der Waals surface area (Å²) in [5, 5.41) is 14.5. The topological polar surface area (TPSA) is 75.9 Å². The molecule has 0 saturated carbocycles. The van der Waals surface area contributed by atoms with Gasteiger partial charge in [0.2, 0.25) is 5.91 Å². The monoisotopic (exact) mass is 392 g/mol. The average molecular weight is 393 g/mol. The van der Waals surface area contributed by atoms with Crippen molar-refractivity contribution in [3.8, 4) is 0 Å². The van der Waals surface area contributed by atoms with Crippen molar-refractivity contribution in [3.63, 3.8) is 0 Å². The van der Waals surface area contributed by atoms with Gasteiger partial charge in [0.1, 0.15) is 12.4 Å². The highest BCUT2D eigenvalue weighted by Crippen LogP contribution is 2.19. The number of carbonyl (C=O) groups excluding carboxylic acids is 1. The predicted octanol–water partition coefficient (Wildman–Crippen LogP) is 2.44. The van der Waals surface area contributed by atoms with Crippen molar-refractivity contribution >= 4 is 5.91 Å². The van der Waals surface area contributed by atoms with Crippen molar-refractivity contribution in [1.29, 1.82) is 0 Å². The average Bonchev–Trinajstić information content (AvgIpc) is 3.27. The predicted molar refractivity (Wildman–Crippen MR) is 112 cm³/mol. The first-order valence-electron chi connectivity index (χ1n) is 9.88. The molecule has 2 aromatic carbocycles. The van der Waals surface area contributed by atoms with Crippen LogP contribution in [0.5, 0.6) is 0 Å². The summed E-state index contributed by atoms with van der Waals surface area (Å²) >= 11 is 0. The number of hydrogen-bond donors (Lipinski definition) is 1. The minimum absolute atomic E-state index is 0.0797. The molecule has 0 aliphatic rings. The van der Waals surface area contributed by atoms with E-state index in [-0.39, 0.29) is 11.9 Å². The molecule has 2 atom stereocenters. The Kier molecular flexibility index (Phi) is 7.08.